The number of nitrogens with one attached hydrogen (secondary N) is 1. The quantitative estimate of drug-likeness (QED) is 0.491. The lowest BCUT2D eigenvalue weighted by Gasteiger charge is -2.39. The number of likely N-dealkylation sites (N-methyl/N-ethyl adjacent to an activating group) is 1. The molecule has 194 valence electrons. The van der Waals surface area contributed by atoms with Crippen molar-refractivity contribution < 1.29 is 13.2 Å². The van der Waals surface area contributed by atoms with Crippen molar-refractivity contribution >= 4 is 21.1 Å². The van der Waals surface area contributed by atoms with Crippen LogP contribution in [0.4, 0.5) is 0 Å². The molecule has 36 heavy (non-hydrogen) atoms. The van der Waals surface area contributed by atoms with E-state index in [0.717, 1.165) is 31.5 Å². The first-order valence-electron chi connectivity index (χ1n) is 12.8. The molecule has 0 amide bonds. The molecule has 2 aliphatic heterocycles. The average Bonchev–Trinajstić information content (AvgIpc) is 3.30. The van der Waals surface area contributed by atoms with Crippen LogP contribution in [0, 0.1) is 0 Å². The standard InChI is InChI=1S/C25H34N6O4S/c1-5-8-20-22-23(29(4)28-20)25(32)27-24(26-22)19-13-18(11-12-21(19)35-7-3)36(33,34)30-14-16-9-10-17(15-30)31(16)6-2/h11-13,16-17H,5-10,14-15H2,1-4H3,(H,26,27,32). The highest BCUT2D eigenvalue weighted by Crippen LogP contribution is 2.35. The second-order valence-corrected chi connectivity index (χ2v) is 11.5. The monoisotopic (exact) mass is 514 g/mol. The zero-order chi connectivity index (χ0) is 25.6. The highest BCUT2D eigenvalue weighted by molar-refractivity contribution is 7.89. The molecule has 5 rings (SSSR count). The Morgan fingerprint density at radius 2 is 1.86 bits per heavy atom. The van der Waals surface area contributed by atoms with Gasteiger partial charge in [-0.2, -0.15) is 9.40 Å². The summed E-state index contributed by atoms with van der Waals surface area (Å²) in [4.78, 5) is 23.2. The van der Waals surface area contributed by atoms with Crippen molar-refractivity contribution in [1.29, 1.82) is 0 Å². The molecule has 4 heterocycles. The predicted molar refractivity (Wildman–Crippen MR) is 138 cm³/mol. The Balaban J connectivity index is 1.59. The van der Waals surface area contributed by atoms with Gasteiger partial charge in [0.15, 0.2) is 5.52 Å². The van der Waals surface area contributed by atoms with Gasteiger partial charge in [-0.05, 0) is 50.9 Å². The van der Waals surface area contributed by atoms with E-state index in [4.69, 9.17) is 9.72 Å². The number of piperazine rings is 1. The third kappa shape index (κ3) is 4.12. The minimum absolute atomic E-state index is 0.174. The highest BCUT2D eigenvalue weighted by atomic mass is 32.2. The van der Waals surface area contributed by atoms with Crippen LogP contribution in [0.5, 0.6) is 5.75 Å². The van der Waals surface area contributed by atoms with Crippen molar-refractivity contribution in [1.82, 2.24) is 29.0 Å². The van der Waals surface area contributed by atoms with E-state index in [2.05, 4.69) is 21.9 Å². The van der Waals surface area contributed by atoms with Crippen LogP contribution in [0.1, 0.15) is 45.7 Å². The Morgan fingerprint density at radius 3 is 2.50 bits per heavy atom. The van der Waals surface area contributed by atoms with Crippen LogP contribution in [0.25, 0.3) is 22.4 Å². The lowest BCUT2D eigenvalue weighted by atomic mass is 10.1. The van der Waals surface area contributed by atoms with Gasteiger partial charge in [0.05, 0.1) is 22.8 Å². The number of rotatable bonds is 8. The normalized spacial score (nSPS) is 20.9. The van der Waals surface area contributed by atoms with Gasteiger partial charge < -0.3 is 9.72 Å². The van der Waals surface area contributed by atoms with Crippen molar-refractivity contribution in [2.75, 3.05) is 26.2 Å². The van der Waals surface area contributed by atoms with Crippen LogP contribution in [0.2, 0.25) is 0 Å². The molecule has 0 radical (unpaired) electrons. The number of aromatic nitrogens is 4. The van der Waals surface area contributed by atoms with E-state index in [-0.39, 0.29) is 28.4 Å². The summed E-state index contributed by atoms with van der Waals surface area (Å²) >= 11 is 0. The maximum atomic E-state index is 13.7. The molecule has 1 N–H and O–H groups in total. The van der Waals surface area contributed by atoms with E-state index in [1.165, 1.54) is 0 Å². The van der Waals surface area contributed by atoms with Gasteiger partial charge in [-0.3, -0.25) is 14.4 Å². The Labute approximate surface area is 211 Å². The number of benzene rings is 1. The first-order valence-corrected chi connectivity index (χ1v) is 14.2. The molecule has 0 saturated carbocycles. The Kier molecular flexibility index (Phi) is 6.65. The molecule has 2 aromatic heterocycles. The highest BCUT2D eigenvalue weighted by Gasteiger charge is 2.43. The number of ether oxygens (including phenoxy) is 1. The molecule has 2 fully saturated rings. The SMILES string of the molecule is CCCc1nn(C)c2c(=O)[nH]c(-c3cc(S(=O)(=O)N4CC5CCC(C4)N5CC)ccc3OCC)nc12. The molecule has 2 saturated heterocycles. The zero-order valence-corrected chi connectivity index (χ0v) is 22.1. The molecule has 11 heteroatoms. The van der Waals surface area contributed by atoms with Crippen molar-refractivity contribution in [3.05, 3.63) is 34.2 Å². The van der Waals surface area contributed by atoms with E-state index in [0.29, 0.717) is 48.5 Å². The van der Waals surface area contributed by atoms with Gasteiger partial charge in [0, 0.05) is 32.2 Å². The Hall–Kier alpha value is -2.76. The summed E-state index contributed by atoms with van der Waals surface area (Å²) in [6, 6.07) is 5.33. The van der Waals surface area contributed by atoms with Crippen LogP contribution in [0.3, 0.4) is 0 Å². The Bertz CT molecular complexity index is 1430. The molecule has 2 atom stereocenters. The first kappa shape index (κ1) is 24.9. The summed E-state index contributed by atoms with van der Waals surface area (Å²) in [5.41, 5.74) is 1.79. The fourth-order valence-electron chi connectivity index (χ4n) is 5.73. The number of nitrogens with zero attached hydrogens (tertiary/aromatic N) is 5. The van der Waals surface area contributed by atoms with E-state index in [1.54, 1.807) is 34.2 Å². The third-order valence-electron chi connectivity index (χ3n) is 7.36. The molecule has 0 aliphatic carbocycles. The van der Waals surface area contributed by atoms with Crippen molar-refractivity contribution in [2.24, 2.45) is 7.05 Å². The van der Waals surface area contributed by atoms with Crippen LogP contribution >= 0.6 is 0 Å². The number of hydrogen-bond donors (Lipinski definition) is 1. The largest absolute Gasteiger partial charge is 0.493 e. The minimum atomic E-state index is -3.73. The van der Waals surface area contributed by atoms with Crippen LogP contribution in [0.15, 0.2) is 27.9 Å². The smallest absolute Gasteiger partial charge is 0.277 e. The molecular formula is C25H34N6O4S. The predicted octanol–water partition coefficient (Wildman–Crippen LogP) is 2.53. The summed E-state index contributed by atoms with van der Waals surface area (Å²) in [6.07, 6.45) is 3.60. The number of hydrogen-bond acceptors (Lipinski definition) is 7. The van der Waals surface area contributed by atoms with Gasteiger partial charge in [-0.15, -0.1) is 0 Å². The number of fused-ring (bicyclic) bond motifs is 3. The second-order valence-electron chi connectivity index (χ2n) is 9.56. The number of aryl methyl sites for hydroxylation is 2. The minimum Gasteiger partial charge on any atom is -0.493 e. The average molecular weight is 515 g/mol. The second kappa shape index (κ2) is 9.60. The summed E-state index contributed by atoms with van der Waals surface area (Å²) < 4.78 is 36.4. The van der Waals surface area contributed by atoms with Crippen molar-refractivity contribution in [3.63, 3.8) is 0 Å². The lowest BCUT2D eigenvalue weighted by molar-refractivity contribution is 0.116. The van der Waals surface area contributed by atoms with Crippen molar-refractivity contribution in [3.8, 4) is 17.1 Å². The van der Waals surface area contributed by atoms with Crippen LogP contribution in [-0.2, 0) is 23.5 Å². The fourth-order valence-corrected chi connectivity index (χ4v) is 7.27. The number of H-pyrrole nitrogens is 1. The van der Waals surface area contributed by atoms with Crippen LogP contribution in [-0.4, -0.2) is 75.7 Å². The van der Waals surface area contributed by atoms with Gasteiger partial charge in [0.25, 0.3) is 5.56 Å². The molecular weight excluding hydrogens is 480 g/mol. The number of sulfonamides is 1. The first-order chi connectivity index (χ1) is 17.3. The topological polar surface area (TPSA) is 113 Å². The molecule has 2 bridgehead atoms. The molecule has 0 spiro atoms. The van der Waals surface area contributed by atoms with Gasteiger partial charge in [-0.1, -0.05) is 20.3 Å². The van der Waals surface area contributed by atoms with E-state index >= 15 is 0 Å². The molecule has 2 unspecified atom stereocenters. The van der Waals surface area contributed by atoms with Gasteiger partial charge in [-0.25, -0.2) is 13.4 Å². The summed E-state index contributed by atoms with van der Waals surface area (Å²) in [5.74, 6) is 0.741. The van der Waals surface area contributed by atoms with E-state index < -0.39 is 10.0 Å². The maximum absolute atomic E-state index is 13.7. The summed E-state index contributed by atoms with van der Waals surface area (Å²) in [5, 5.41) is 4.48. The van der Waals surface area contributed by atoms with E-state index in [1.807, 2.05) is 13.8 Å². The molecule has 2 aliphatic rings. The summed E-state index contributed by atoms with van der Waals surface area (Å²) in [7, 11) is -2.01. The molecule has 10 nitrogen and oxygen atoms in total. The van der Waals surface area contributed by atoms with Gasteiger partial charge in [0.2, 0.25) is 10.0 Å². The van der Waals surface area contributed by atoms with E-state index in [9.17, 15) is 13.2 Å². The fraction of sp³-hybridized carbons (Fsp3) is 0.560. The summed E-state index contributed by atoms with van der Waals surface area (Å²) in [6.45, 7) is 8.35. The maximum Gasteiger partial charge on any atom is 0.277 e. The van der Waals surface area contributed by atoms with Crippen LogP contribution < -0.4 is 10.3 Å². The van der Waals surface area contributed by atoms with Gasteiger partial charge >= 0.3 is 0 Å². The third-order valence-corrected chi connectivity index (χ3v) is 9.19. The lowest BCUT2D eigenvalue weighted by Crippen LogP contribution is -2.54. The Morgan fingerprint density at radius 1 is 1.14 bits per heavy atom. The molecule has 1 aromatic carbocycles. The zero-order valence-electron chi connectivity index (χ0n) is 21.3. The molecule has 3 aromatic rings. The van der Waals surface area contributed by atoms with Crippen molar-refractivity contribution in [2.45, 2.75) is 63.4 Å². The number of aromatic amines is 1. The van der Waals surface area contributed by atoms with Gasteiger partial charge in [0.1, 0.15) is 17.1 Å².